The van der Waals surface area contributed by atoms with Crippen molar-refractivity contribution in [3.05, 3.63) is 21.8 Å². The lowest BCUT2D eigenvalue weighted by molar-refractivity contribution is -0.119. The summed E-state index contributed by atoms with van der Waals surface area (Å²) in [5.41, 5.74) is 7.46. The van der Waals surface area contributed by atoms with E-state index in [9.17, 15) is 4.79 Å². The standard InChI is InChI=1S/C13H20IN3O/c1-9(2)7-16-13(18)8-17(3)12-5-4-10(15)6-11(12)14/h4-6,9H,7-8,15H2,1-3H3,(H,16,18). The number of likely N-dealkylation sites (N-methyl/N-ethyl adjacent to an activating group) is 1. The van der Waals surface area contributed by atoms with Crippen LogP contribution < -0.4 is 16.0 Å². The zero-order chi connectivity index (χ0) is 13.7. The second-order valence-electron chi connectivity index (χ2n) is 4.76. The number of rotatable bonds is 5. The third-order valence-corrected chi connectivity index (χ3v) is 3.34. The van der Waals surface area contributed by atoms with Gasteiger partial charge in [0.25, 0.3) is 0 Å². The molecule has 0 bridgehead atoms. The largest absolute Gasteiger partial charge is 0.399 e. The number of carbonyl (C=O) groups is 1. The highest BCUT2D eigenvalue weighted by Gasteiger charge is 2.10. The number of nitrogen functional groups attached to an aromatic ring is 1. The van der Waals surface area contributed by atoms with E-state index in [0.717, 1.165) is 14.9 Å². The second-order valence-corrected chi connectivity index (χ2v) is 5.93. The predicted octanol–water partition coefficient (Wildman–Crippen LogP) is 2.08. The first-order valence-electron chi connectivity index (χ1n) is 5.93. The van der Waals surface area contributed by atoms with Crippen LogP contribution in [0.4, 0.5) is 11.4 Å². The van der Waals surface area contributed by atoms with Crippen LogP contribution in [0.2, 0.25) is 0 Å². The van der Waals surface area contributed by atoms with Gasteiger partial charge in [-0.1, -0.05) is 13.8 Å². The normalized spacial score (nSPS) is 10.5. The van der Waals surface area contributed by atoms with Crippen molar-refractivity contribution in [1.29, 1.82) is 0 Å². The van der Waals surface area contributed by atoms with Gasteiger partial charge in [-0.05, 0) is 46.7 Å². The Morgan fingerprint density at radius 2 is 2.17 bits per heavy atom. The van der Waals surface area contributed by atoms with Gasteiger partial charge >= 0.3 is 0 Å². The maximum atomic E-state index is 11.7. The van der Waals surface area contributed by atoms with Crippen LogP contribution in [0.5, 0.6) is 0 Å². The average molecular weight is 361 g/mol. The molecule has 0 aliphatic carbocycles. The lowest BCUT2D eigenvalue weighted by Crippen LogP contribution is -2.37. The Labute approximate surface area is 122 Å². The molecule has 1 aromatic rings. The molecule has 100 valence electrons. The highest BCUT2D eigenvalue weighted by atomic mass is 127. The van der Waals surface area contributed by atoms with E-state index < -0.39 is 0 Å². The molecule has 0 atom stereocenters. The predicted molar refractivity (Wildman–Crippen MR) is 84.7 cm³/mol. The van der Waals surface area contributed by atoms with E-state index in [4.69, 9.17) is 5.73 Å². The molecule has 1 aromatic carbocycles. The monoisotopic (exact) mass is 361 g/mol. The van der Waals surface area contributed by atoms with E-state index in [0.29, 0.717) is 19.0 Å². The van der Waals surface area contributed by atoms with Crippen molar-refractivity contribution in [3.8, 4) is 0 Å². The molecule has 5 heteroatoms. The van der Waals surface area contributed by atoms with Crippen LogP contribution in [-0.4, -0.2) is 26.0 Å². The van der Waals surface area contributed by atoms with Crippen LogP contribution >= 0.6 is 22.6 Å². The minimum atomic E-state index is 0.0406. The summed E-state index contributed by atoms with van der Waals surface area (Å²) < 4.78 is 1.05. The van der Waals surface area contributed by atoms with Gasteiger partial charge in [0.1, 0.15) is 0 Å². The van der Waals surface area contributed by atoms with Crippen LogP contribution in [0.15, 0.2) is 18.2 Å². The number of nitrogens with zero attached hydrogens (tertiary/aromatic N) is 1. The number of anilines is 2. The Bertz CT molecular complexity index is 421. The Kier molecular flexibility index (Phi) is 5.71. The highest BCUT2D eigenvalue weighted by molar-refractivity contribution is 14.1. The van der Waals surface area contributed by atoms with E-state index in [2.05, 4.69) is 41.8 Å². The van der Waals surface area contributed by atoms with Crippen molar-refractivity contribution in [2.24, 2.45) is 5.92 Å². The van der Waals surface area contributed by atoms with Gasteiger partial charge in [-0.3, -0.25) is 4.79 Å². The second kappa shape index (κ2) is 6.82. The summed E-state index contributed by atoms with van der Waals surface area (Å²) in [6.07, 6.45) is 0. The van der Waals surface area contributed by atoms with E-state index in [1.165, 1.54) is 0 Å². The lowest BCUT2D eigenvalue weighted by atomic mass is 10.2. The number of carbonyl (C=O) groups excluding carboxylic acids is 1. The fraction of sp³-hybridized carbons (Fsp3) is 0.462. The van der Waals surface area contributed by atoms with Crippen LogP contribution in [0, 0.1) is 9.49 Å². The highest BCUT2D eigenvalue weighted by Crippen LogP contribution is 2.23. The molecule has 0 aromatic heterocycles. The quantitative estimate of drug-likeness (QED) is 0.624. The van der Waals surface area contributed by atoms with Crippen molar-refractivity contribution in [2.75, 3.05) is 30.8 Å². The summed E-state index contributed by atoms with van der Waals surface area (Å²) in [4.78, 5) is 13.7. The molecule has 18 heavy (non-hydrogen) atoms. The van der Waals surface area contributed by atoms with Gasteiger partial charge < -0.3 is 16.0 Å². The third-order valence-electron chi connectivity index (χ3n) is 2.47. The van der Waals surface area contributed by atoms with E-state index in [-0.39, 0.29) is 5.91 Å². The topological polar surface area (TPSA) is 58.4 Å². The molecule has 0 unspecified atom stereocenters. The molecule has 0 aliphatic heterocycles. The summed E-state index contributed by atoms with van der Waals surface area (Å²) in [6, 6.07) is 5.69. The van der Waals surface area contributed by atoms with Crippen LogP contribution in [0.1, 0.15) is 13.8 Å². The minimum absolute atomic E-state index is 0.0406. The molecule has 1 rings (SSSR count). The molecular formula is C13H20IN3O. The molecule has 0 aliphatic rings. The number of nitrogens with one attached hydrogen (secondary N) is 1. The van der Waals surface area contributed by atoms with Crippen LogP contribution in [-0.2, 0) is 4.79 Å². The van der Waals surface area contributed by atoms with E-state index >= 15 is 0 Å². The summed E-state index contributed by atoms with van der Waals surface area (Å²) >= 11 is 2.23. The van der Waals surface area contributed by atoms with Gasteiger partial charge in [-0.15, -0.1) is 0 Å². The van der Waals surface area contributed by atoms with Crippen molar-refractivity contribution in [1.82, 2.24) is 5.32 Å². The van der Waals surface area contributed by atoms with Gasteiger partial charge in [0.2, 0.25) is 5.91 Å². The number of hydrogen-bond donors (Lipinski definition) is 2. The molecule has 0 spiro atoms. The van der Waals surface area contributed by atoms with Crippen molar-refractivity contribution < 1.29 is 4.79 Å². The van der Waals surface area contributed by atoms with E-state index in [1.807, 2.05) is 30.1 Å². The van der Waals surface area contributed by atoms with Gasteiger partial charge in [0.05, 0.1) is 12.2 Å². The maximum Gasteiger partial charge on any atom is 0.239 e. The molecule has 0 heterocycles. The molecular weight excluding hydrogens is 341 g/mol. The molecule has 1 amide bonds. The molecule has 0 fully saturated rings. The number of hydrogen-bond acceptors (Lipinski definition) is 3. The molecule has 0 saturated heterocycles. The zero-order valence-corrected chi connectivity index (χ0v) is 13.2. The van der Waals surface area contributed by atoms with Crippen molar-refractivity contribution >= 4 is 39.9 Å². The number of amides is 1. The Hall–Kier alpha value is -0.980. The number of halogens is 1. The fourth-order valence-electron chi connectivity index (χ4n) is 1.51. The third kappa shape index (κ3) is 4.72. The number of benzene rings is 1. The Balaban J connectivity index is 2.59. The van der Waals surface area contributed by atoms with Gasteiger partial charge in [0.15, 0.2) is 0 Å². The fourth-order valence-corrected chi connectivity index (χ4v) is 2.46. The summed E-state index contributed by atoms with van der Waals surface area (Å²) in [7, 11) is 1.91. The van der Waals surface area contributed by atoms with Crippen molar-refractivity contribution in [2.45, 2.75) is 13.8 Å². The Morgan fingerprint density at radius 3 is 2.72 bits per heavy atom. The van der Waals surface area contributed by atoms with Gasteiger partial charge in [-0.25, -0.2) is 0 Å². The Morgan fingerprint density at radius 1 is 1.50 bits per heavy atom. The summed E-state index contributed by atoms with van der Waals surface area (Å²) in [6.45, 7) is 5.22. The first kappa shape index (κ1) is 15.1. The minimum Gasteiger partial charge on any atom is -0.399 e. The maximum absolute atomic E-state index is 11.7. The smallest absolute Gasteiger partial charge is 0.239 e. The summed E-state index contributed by atoms with van der Waals surface area (Å²) in [5, 5.41) is 2.91. The summed E-state index contributed by atoms with van der Waals surface area (Å²) in [5.74, 6) is 0.509. The van der Waals surface area contributed by atoms with Crippen LogP contribution in [0.3, 0.4) is 0 Å². The molecule has 0 radical (unpaired) electrons. The van der Waals surface area contributed by atoms with E-state index in [1.54, 1.807) is 0 Å². The molecule has 4 nitrogen and oxygen atoms in total. The zero-order valence-electron chi connectivity index (χ0n) is 11.0. The first-order chi connectivity index (χ1) is 8.40. The van der Waals surface area contributed by atoms with Crippen molar-refractivity contribution in [3.63, 3.8) is 0 Å². The SMILES string of the molecule is CC(C)CNC(=O)CN(C)c1ccc(N)cc1I. The lowest BCUT2D eigenvalue weighted by Gasteiger charge is -2.20. The number of nitrogens with two attached hydrogens (primary N) is 1. The molecule has 3 N–H and O–H groups in total. The van der Waals surface area contributed by atoms with Gasteiger partial charge in [0, 0.05) is 22.8 Å². The first-order valence-corrected chi connectivity index (χ1v) is 7.01. The molecule has 0 saturated carbocycles. The average Bonchev–Trinajstić information content (AvgIpc) is 2.26. The van der Waals surface area contributed by atoms with Gasteiger partial charge in [-0.2, -0.15) is 0 Å². The van der Waals surface area contributed by atoms with Crippen LogP contribution in [0.25, 0.3) is 0 Å².